The first-order valence-corrected chi connectivity index (χ1v) is 9.23. The quantitative estimate of drug-likeness (QED) is 0.497. The highest BCUT2D eigenvalue weighted by molar-refractivity contribution is 5.96. The van der Waals surface area contributed by atoms with E-state index in [0.29, 0.717) is 29.4 Å². The van der Waals surface area contributed by atoms with Crippen LogP contribution in [0, 0.1) is 0 Å². The summed E-state index contributed by atoms with van der Waals surface area (Å²) in [5.41, 5.74) is 6.72. The number of anilines is 1. The zero-order valence-electron chi connectivity index (χ0n) is 16.4. The first-order chi connectivity index (χ1) is 14.7. The topological polar surface area (TPSA) is 102 Å². The number of ether oxygens (including phenoxy) is 2. The number of rotatable bonds is 8. The van der Waals surface area contributed by atoms with Crippen molar-refractivity contribution in [3.05, 3.63) is 84.2 Å². The number of nitrogens with one attached hydrogen (secondary N) is 3. The van der Waals surface area contributed by atoms with Crippen LogP contribution in [-0.4, -0.2) is 30.5 Å². The first kappa shape index (κ1) is 20.7. The third-order valence-electron chi connectivity index (χ3n) is 4.09. The average molecular weight is 406 g/mol. The molecule has 0 saturated heterocycles. The number of carbonyl (C=O) groups excluding carboxylic acids is 2. The van der Waals surface area contributed by atoms with E-state index >= 15 is 0 Å². The lowest BCUT2D eigenvalue weighted by atomic mass is 10.2. The van der Waals surface area contributed by atoms with Crippen LogP contribution in [0.3, 0.4) is 0 Å². The van der Waals surface area contributed by atoms with E-state index in [2.05, 4.69) is 21.2 Å². The number of hydrogen-bond acceptors (Lipinski definition) is 6. The molecule has 0 fully saturated rings. The van der Waals surface area contributed by atoms with Crippen molar-refractivity contribution in [3.8, 4) is 11.5 Å². The van der Waals surface area contributed by atoms with Crippen LogP contribution >= 0.6 is 0 Å². The molecule has 1 aromatic heterocycles. The number of nitrogens with zero attached hydrogens (tertiary/aromatic N) is 1. The largest absolute Gasteiger partial charge is 0.495 e. The maximum absolute atomic E-state index is 12.3. The smallest absolute Gasteiger partial charge is 0.269 e. The monoisotopic (exact) mass is 406 g/mol. The number of aromatic nitrogens is 1. The van der Waals surface area contributed by atoms with Gasteiger partial charge in [-0.15, -0.1) is 0 Å². The Balaban J connectivity index is 1.47. The van der Waals surface area contributed by atoms with Gasteiger partial charge in [0.25, 0.3) is 11.8 Å². The molecule has 0 saturated carbocycles. The van der Waals surface area contributed by atoms with E-state index in [1.54, 1.807) is 55.9 Å². The van der Waals surface area contributed by atoms with Gasteiger partial charge in [-0.25, -0.2) is 0 Å². The van der Waals surface area contributed by atoms with Crippen molar-refractivity contribution in [2.45, 2.75) is 6.61 Å². The molecule has 2 amide bonds. The number of benzene rings is 2. The van der Waals surface area contributed by atoms with Crippen LogP contribution in [0.15, 0.2) is 73.1 Å². The molecule has 30 heavy (non-hydrogen) atoms. The number of amides is 2. The molecule has 1 heterocycles. The summed E-state index contributed by atoms with van der Waals surface area (Å²) in [4.78, 5) is 28.4. The van der Waals surface area contributed by atoms with Gasteiger partial charge in [0.05, 0.1) is 19.3 Å². The molecule has 0 aliphatic carbocycles. The standard InChI is InChI=1S/C22H22N4O4/c1-29-20-10-3-2-9-19(20)24-14-21(27)25-26-22(28)17-7-4-8-18(12-17)30-15-16-6-5-11-23-13-16/h2-13,24H,14-15H2,1H3,(H,25,27)(H,26,28). The lowest BCUT2D eigenvalue weighted by molar-refractivity contribution is -0.120. The SMILES string of the molecule is COc1ccccc1NCC(=O)NNC(=O)c1cccc(OCc2cccnc2)c1. The Kier molecular flexibility index (Phi) is 7.21. The summed E-state index contributed by atoms with van der Waals surface area (Å²) in [6.07, 6.45) is 3.40. The third-order valence-corrected chi connectivity index (χ3v) is 4.09. The van der Waals surface area contributed by atoms with Gasteiger partial charge < -0.3 is 14.8 Å². The van der Waals surface area contributed by atoms with Crippen LogP contribution in [-0.2, 0) is 11.4 Å². The van der Waals surface area contributed by atoms with E-state index < -0.39 is 11.8 Å². The van der Waals surface area contributed by atoms with Crippen LogP contribution in [0.2, 0.25) is 0 Å². The molecule has 3 rings (SSSR count). The van der Waals surface area contributed by atoms with Crippen molar-refractivity contribution in [1.29, 1.82) is 0 Å². The fraction of sp³-hybridized carbons (Fsp3) is 0.136. The van der Waals surface area contributed by atoms with E-state index in [1.165, 1.54) is 0 Å². The number of carbonyl (C=O) groups is 2. The second-order valence-electron chi connectivity index (χ2n) is 6.23. The highest BCUT2D eigenvalue weighted by Crippen LogP contribution is 2.22. The number of methoxy groups -OCH3 is 1. The molecule has 154 valence electrons. The number of hydrogen-bond donors (Lipinski definition) is 3. The molecule has 0 aliphatic heterocycles. The molecule has 0 bridgehead atoms. The lowest BCUT2D eigenvalue weighted by Crippen LogP contribution is -2.44. The Labute approximate surface area is 174 Å². The molecular weight excluding hydrogens is 384 g/mol. The molecule has 8 heteroatoms. The molecular formula is C22H22N4O4. The molecule has 0 spiro atoms. The predicted molar refractivity (Wildman–Crippen MR) is 112 cm³/mol. The van der Waals surface area contributed by atoms with E-state index in [4.69, 9.17) is 9.47 Å². The Hall–Kier alpha value is -4.07. The fourth-order valence-corrected chi connectivity index (χ4v) is 2.59. The molecule has 0 unspecified atom stereocenters. The summed E-state index contributed by atoms with van der Waals surface area (Å²) in [7, 11) is 1.55. The second kappa shape index (κ2) is 10.5. The minimum absolute atomic E-state index is 0.0328. The van der Waals surface area contributed by atoms with Crippen LogP contribution in [0.1, 0.15) is 15.9 Å². The Morgan fingerprint density at radius 3 is 2.67 bits per heavy atom. The summed E-state index contributed by atoms with van der Waals surface area (Å²) >= 11 is 0. The zero-order chi connectivity index (χ0) is 21.2. The summed E-state index contributed by atoms with van der Waals surface area (Å²) in [5, 5.41) is 2.96. The highest BCUT2D eigenvalue weighted by Gasteiger charge is 2.09. The van der Waals surface area contributed by atoms with Crippen molar-refractivity contribution < 1.29 is 19.1 Å². The highest BCUT2D eigenvalue weighted by atomic mass is 16.5. The Bertz CT molecular complexity index is 995. The van der Waals surface area contributed by atoms with Gasteiger partial charge in [0.2, 0.25) is 0 Å². The van der Waals surface area contributed by atoms with Crippen LogP contribution in [0.25, 0.3) is 0 Å². The van der Waals surface area contributed by atoms with E-state index in [-0.39, 0.29) is 6.54 Å². The number of hydrazine groups is 1. The second-order valence-corrected chi connectivity index (χ2v) is 6.23. The number of pyridine rings is 1. The predicted octanol–water partition coefficient (Wildman–Crippen LogP) is 2.54. The number of para-hydroxylation sites is 2. The Morgan fingerprint density at radius 1 is 1.00 bits per heavy atom. The molecule has 2 aromatic carbocycles. The van der Waals surface area contributed by atoms with Crippen LogP contribution in [0.5, 0.6) is 11.5 Å². The summed E-state index contributed by atoms with van der Waals surface area (Å²) in [6.45, 7) is 0.305. The minimum Gasteiger partial charge on any atom is -0.495 e. The van der Waals surface area contributed by atoms with Gasteiger partial charge in [-0.1, -0.05) is 24.3 Å². The Morgan fingerprint density at radius 2 is 1.87 bits per heavy atom. The van der Waals surface area contributed by atoms with E-state index in [0.717, 1.165) is 5.56 Å². The van der Waals surface area contributed by atoms with Gasteiger partial charge in [0.1, 0.15) is 18.1 Å². The van der Waals surface area contributed by atoms with Crippen molar-refractivity contribution in [2.24, 2.45) is 0 Å². The van der Waals surface area contributed by atoms with Crippen molar-refractivity contribution in [1.82, 2.24) is 15.8 Å². The van der Waals surface area contributed by atoms with Gasteiger partial charge in [0.15, 0.2) is 0 Å². The van der Waals surface area contributed by atoms with Crippen LogP contribution in [0.4, 0.5) is 5.69 Å². The summed E-state index contributed by atoms with van der Waals surface area (Å²) in [5.74, 6) is 0.304. The minimum atomic E-state index is -0.451. The fourth-order valence-electron chi connectivity index (χ4n) is 2.59. The average Bonchev–Trinajstić information content (AvgIpc) is 2.80. The van der Waals surface area contributed by atoms with Crippen molar-refractivity contribution in [2.75, 3.05) is 19.0 Å². The third kappa shape index (κ3) is 5.96. The molecule has 8 nitrogen and oxygen atoms in total. The molecule has 0 atom stereocenters. The van der Waals surface area contributed by atoms with Gasteiger partial charge in [-0.2, -0.15) is 0 Å². The first-order valence-electron chi connectivity index (χ1n) is 9.23. The van der Waals surface area contributed by atoms with Crippen molar-refractivity contribution in [3.63, 3.8) is 0 Å². The van der Waals surface area contributed by atoms with Crippen molar-refractivity contribution >= 4 is 17.5 Å². The molecule has 3 aromatic rings. The van der Waals surface area contributed by atoms with E-state index in [9.17, 15) is 9.59 Å². The van der Waals surface area contributed by atoms with E-state index in [1.807, 2.05) is 24.3 Å². The maximum Gasteiger partial charge on any atom is 0.269 e. The maximum atomic E-state index is 12.3. The van der Waals surface area contributed by atoms with Crippen LogP contribution < -0.4 is 25.6 Å². The normalized spacial score (nSPS) is 10.0. The van der Waals surface area contributed by atoms with Gasteiger partial charge in [-0.05, 0) is 36.4 Å². The lowest BCUT2D eigenvalue weighted by Gasteiger charge is -2.12. The summed E-state index contributed by atoms with van der Waals surface area (Å²) in [6, 6.07) is 17.7. The summed E-state index contributed by atoms with van der Waals surface area (Å²) < 4.78 is 10.9. The van der Waals surface area contributed by atoms with Gasteiger partial charge in [-0.3, -0.25) is 25.4 Å². The molecule has 3 N–H and O–H groups in total. The van der Waals surface area contributed by atoms with Gasteiger partial charge >= 0.3 is 0 Å². The van der Waals surface area contributed by atoms with Gasteiger partial charge in [0, 0.05) is 23.5 Å². The molecule has 0 aliphatic rings. The zero-order valence-corrected chi connectivity index (χ0v) is 16.4. The molecule has 0 radical (unpaired) electrons.